The van der Waals surface area contributed by atoms with E-state index in [1.54, 1.807) is 0 Å². The molecule has 240 valence electrons. The molecule has 0 unspecified atom stereocenters. The van der Waals surface area contributed by atoms with Crippen LogP contribution in [0.25, 0.3) is 33.6 Å². The molecule has 5 aromatic rings. The summed E-state index contributed by atoms with van der Waals surface area (Å²) in [5, 5.41) is 8.82. The number of alkyl halides is 2. The smallest absolute Gasteiger partial charge is 0.429 e. The summed E-state index contributed by atoms with van der Waals surface area (Å²) in [5.41, 5.74) is -2.71. The van der Waals surface area contributed by atoms with Crippen LogP contribution in [-0.4, -0.2) is 9.97 Å². The summed E-state index contributed by atoms with van der Waals surface area (Å²) in [7, 11) is 0. The Labute approximate surface area is 263 Å². The summed E-state index contributed by atoms with van der Waals surface area (Å²) in [6.07, 6.45) is 2.08. The third-order valence-electron chi connectivity index (χ3n) is 7.30. The topological polar surface area (TPSA) is 58.8 Å². The molecule has 0 fully saturated rings. The number of benzene rings is 4. The van der Waals surface area contributed by atoms with Crippen molar-refractivity contribution in [1.82, 2.24) is 9.97 Å². The SMILES string of the molecule is CCCCCc1cnc(-c2cc(F)c(C(F)(F)Oc3ccc(-c4ccc(-c5cc(F)c(C#N)c(F)c5)c(F)c4)c(F)c3)c(F)c2)nc1. The summed E-state index contributed by atoms with van der Waals surface area (Å²) in [5.74, 6) is -8.69. The van der Waals surface area contributed by atoms with E-state index in [-0.39, 0.29) is 33.6 Å². The normalized spacial score (nSPS) is 11.4. The van der Waals surface area contributed by atoms with Crippen molar-refractivity contribution in [3.63, 3.8) is 0 Å². The third-order valence-corrected chi connectivity index (χ3v) is 7.30. The molecule has 1 heterocycles. The molecule has 0 spiro atoms. The average Bonchev–Trinajstić information content (AvgIpc) is 3.00. The lowest BCUT2D eigenvalue weighted by atomic mass is 9.98. The molecule has 0 atom stereocenters. The van der Waals surface area contributed by atoms with Crippen LogP contribution in [-0.2, 0) is 12.5 Å². The van der Waals surface area contributed by atoms with Gasteiger partial charge in [0.1, 0.15) is 57.8 Å². The number of hydrogen-bond acceptors (Lipinski definition) is 4. The van der Waals surface area contributed by atoms with Crippen LogP contribution < -0.4 is 4.74 Å². The lowest BCUT2D eigenvalue weighted by Gasteiger charge is -2.20. The quantitative estimate of drug-likeness (QED) is 0.111. The zero-order chi connectivity index (χ0) is 33.9. The lowest BCUT2D eigenvalue weighted by Crippen LogP contribution is -2.25. The van der Waals surface area contributed by atoms with E-state index in [0.717, 1.165) is 61.2 Å². The van der Waals surface area contributed by atoms with Crippen molar-refractivity contribution in [3.05, 3.63) is 125 Å². The Balaban J connectivity index is 1.35. The van der Waals surface area contributed by atoms with Crippen LogP contribution in [0.3, 0.4) is 0 Å². The number of nitriles is 1. The van der Waals surface area contributed by atoms with E-state index >= 15 is 13.2 Å². The number of aromatic nitrogens is 2. The number of rotatable bonds is 10. The number of hydrogen-bond donors (Lipinski definition) is 0. The fraction of sp³-hybridized carbons (Fsp3) is 0.171. The second-order valence-corrected chi connectivity index (χ2v) is 10.6. The summed E-state index contributed by atoms with van der Waals surface area (Å²) >= 11 is 0. The van der Waals surface area contributed by atoms with Gasteiger partial charge in [-0.2, -0.15) is 14.0 Å². The van der Waals surface area contributed by atoms with Crippen molar-refractivity contribution in [2.24, 2.45) is 0 Å². The number of ether oxygens (including phenoxy) is 1. The Kier molecular flexibility index (Phi) is 9.56. The summed E-state index contributed by atoms with van der Waals surface area (Å²) in [4.78, 5) is 8.16. The fourth-order valence-electron chi connectivity index (χ4n) is 4.94. The first kappa shape index (κ1) is 33.1. The van der Waals surface area contributed by atoms with Gasteiger partial charge in [-0.05, 0) is 72.0 Å². The van der Waals surface area contributed by atoms with Crippen LogP contribution in [0.1, 0.15) is 42.9 Å². The van der Waals surface area contributed by atoms with Gasteiger partial charge >= 0.3 is 6.11 Å². The number of unbranched alkanes of at least 4 members (excludes halogenated alkanes) is 2. The summed E-state index contributed by atoms with van der Waals surface area (Å²) in [6, 6.07) is 9.78. The molecule has 47 heavy (non-hydrogen) atoms. The van der Waals surface area contributed by atoms with E-state index in [9.17, 15) is 22.0 Å². The predicted octanol–water partition coefficient (Wildman–Crippen LogP) is 10.0. The van der Waals surface area contributed by atoms with Gasteiger partial charge < -0.3 is 4.74 Å². The Bertz CT molecular complexity index is 1950. The van der Waals surface area contributed by atoms with Crippen molar-refractivity contribution in [1.29, 1.82) is 5.26 Å². The largest absolute Gasteiger partial charge is 0.432 e. The Morgan fingerprint density at radius 2 is 1.23 bits per heavy atom. The highest BCUT2D eigenvalue weighted by Gasteiger charge is 2.41. The minimum absolute atomic E-state index is 0.0689. The van der Waals surface area contributed by atoms with Crippen LogP contribution in [0.5, 0.6) is 5.75 Å². The second kappa shape index (κ2) is 13.6. The molecule has 0 saturated heterocycles. The minimum Gasteiger partial charge on any atom is -0.429 e. The molecule has 0 saturated carbocycles. The zero-order valence-corrected chi connectivity index (χ0v) is 24.5. The second-order valence-electron chi connectivity index (χ2n) is 10.6. The Morgan fingerprint density at radius 1 is 0.681 bits per heavy atom. The minimum atomic E-state index is -4.58. The van der Waals surface area contributed by atoms with Gasteiger partial charge in [0.2, 0.25) is 0 Å². The van der Waals surface area contributed by atoms with Crippen molar-refractivity contribution in [2.45, 2.75) is 38.7 Å². The van der Waals surface area contributed by atoms with Gasteiger partial charge in [0.25, 0.3) is 0 Å². The van der Waals surface area contributed by atoms with E-state index in [0.29, 0.717) is 24.6 Å². The molecular formula is C35H23F8N3O. The van der Waals surface area contributed by atoms with Gasteiger partial charge in [-0.3, -0.25) is 0 Å². The van der Waals surface area contributed by atoms with Gasteiger partial charge in [-0.1, -0.05) is 31.9 Å². The van der Waals surface area contributed by atoms with E-state index in [4.69, 9.17) is 5.26 Å². The molecule has 1 aromatic heterocycles. The first-order valence-corrected chi connectivity index (χ1v) is 14.3. The average molecular weight is 654 g/mol. The van der Waals surface area contributed by atoms with Crippen LogP contribution in [0.2, 0.25) is 0 Å². The maximum Gasteiger partial charge on any atom is 0.432 e. The molecule has 0 bridgehead atoms. The van der Waals surface area contributed by atoms with Crippen molar-refractivity contribution < 1.29 is 39.9 Å². The van der Waals surface area contributed by atoms with Gasteiger partial charge in [0.05, 0.1) is 0 Å². The van der Waals surface area contributed by atoms with Crippen molar-refractivity contribution >= 4 is 0 Å². The Morgan fingerprint density at radius 3 is 1.81 bits per heavy atom. The van der Waals surface area contributed by atoms with Crippen molar-refractivity contribution in [2.75, 3.05) is 0 Å². The lowest BCUT2D eigenvalue weighted by molar-refractivity contribution is -0.189. The highest BCUT2D eigenvalue weighted by molar-refractivity contribution is 5.72. The van der Waals surface area contributed by atoms with Crippen molar-refractivity contribution in [3.8, 4) is 45.5 Å². The molecule has 0 aliphatic rings. The zero-order valence-electron chi connectivity index (χ0n) is 24.5. The summed E-state index contributed by atoms with van der Waals surface area (Å²) in [6.45, 7) is 2.05. The highest BCUT2D eigenvalue weighted by Crippen LogP contribution is 2.38. The standard InChI is InChI=1S/C35H23F8N3O/c1-2-3-4-5-19-17-45-34(46-18-19)22-13-31(40)33(32(41)14-22)35(42,43)47-23-7-9-24(30(39)15-23)20-6-8-25(27(36)10-20)21-11-28(37)26(16-44)29(38)12-21/h6-15,17-18H,2-5H2,1H3. The van der Waals surface area contributed by atoms with Crippen LogP contribution >= 0.6 is 0 Å². The van der Waals surface area contributed by atoms with Crippen LogP contribution in [0.4, 0.5) is 35.1 Å². The highest BCUT2D eigenvalue weighted by atomic mass is 19.3. The molecule has 0 aliphatic carbocycles. The van der Waals surface area contributed by atoms with Crippen LogP contribution in [0.15, 0.2) is 73.1 Å². The monoisotopic (exact) mass is 653 g/mol. The maximum absolute atomic E-state index is 15.0. The molecule has 5 rings (SSSR count). The van der Waals surface area contributed by atoms with Gasteiger partial charge in [-0.15, -0.1) is 0 Å². The molecule has 0 radical (unpaired) electrons. The first-order chi connectivity index (χ1) is 22.4. The van der Waals surface area contributed by atoms with E-state index in [2.05, 4.69) is 21.6 Å². The fourth-order valence-corrected chi connectivity index (χ4v) is 4.94. The first-order valence-electron chi connectivity index (χ1n) is 14.3. The molecule has 12 heteroatoms. The third kappa shape index (κ3) is 7.09. The molecule has 0 amide bonds. The number of nitrogens with zero attached hydrogens (tertiary/aromatic N) is 3. The van der Waals surface area contributed by atoms with Gasteiger partial charge in [0, 0.05) is 35.2 Å². The predicted molar refractivity (Wildman–Crippen MR) is 157 cm³/mol. The maximum atomic E-state index is 15.0. The van der Waals surface area contributed by atoms with E-state index in [1.807, 2.05) is 0 Å². The Hall–Kier alpha value is -5.31. The van der Waals surface area contributed by atoms with Gasteiger partial charge in [-0.25, -0.2) is 36.3 Å². The molecule has 4 aromatic carbocycles. The van der Waals surface area contributed by atoms with E-state index < -0.39 is 57.9 Å². The number of aryl methyl sites for hydroxylation is 1. The van der Waals surface area contributed by atoms with Crippen LogP contribution in [0, 0.1) is 46.2 Å². The summed E-state index contributed by atoms with van der Waals surface area (Å²) < 4.78 is 122. The van der Waals surface area contributed by atoms with Gasteiger partial charge in [0.15, 0.2) is 5.82 Å². The molecular weight excluding hydrogens is 630 g/mol. The molecule has 4 nitrogen and oxygen atoms in total. The van der Waals surface area contributed by atoms with E-state index in [1.165, 1.54) is 24.5 Å². The molecule has 0 N–H and O–H groups in total. The number of halogens is 8. The molecule has 0 aliphatic heterocycles.